The molecule has 0 aromatic rings. The maximum absolute atomic E-state index is 8.61. The van der Waals surface area contributed by atoms with E-state index in [1.165, 1.54) is 0 Å². The Hall–Kier alpha value is -0.850. The Labute approximate surface area is 103 Å². The van der Waals surface area contributed by atoms with Gasteiger partial charge in [0.1, 0.15) is 5.84 Å². The third-order valence-corrected chi connectivity index (χ3v) is 2.59. The van der Waals surface area contributed by atoms with Crippen LogP contribution in [-0.4, -0.2) is 63.0 Å². The van der Waals surface area contributed by atoms with Gasteiger partial charge < -0.3 is 25.3 Å². The van der Waals surface area contributed by atoms with Gasteiger partial charge in [-0.3, -0.25) is 0 Å². The first-order valence-corrected chi connectivity index (χ1v) is 5.83. The average molecular weight is 247 g/mol. The van der Waals surface area contributed by atoms with Crippen molar-refractivity contribution in [1.82, 2.24) is 4.90 Å². The molecule has 1 atom stereocenters. The molecule has 6 heteroatoms. The average Bonchev–Trinajstić information content (AvgIpc) is 2.34. The van der Waals surface area contributed by atoms with Gasteiger partial charge >= 0.3 is 0 Å². The van der Waals surface area contributed by atoms with Gasteiger partial charge in [-0.25, -0.2) is 0 Å². The largest absolute Gasteiger partial charge is 0.409 e. The summed E-state index contributed by atoms with van der Waals surface area (Å²) in [6.07, 6.45) is 0.961. The Kier molecular flexibility index (Phi) is 9.80. The van der Waals surface area contributed by atoms with Crippen LogP contribution in [0.25, 0.3) is 0 Å². The van der Waals surface area contributed by atoms with Gasteiger partial charge in [-0.15, -0.1) is 0 Å². The van der Waals surface area contributed by atoms with Crippen LogP contribution in [-0.2, 0) is 9.47 Å². The van der Waals surface area contributed by atoms with E-state index < -0.39 is 0 Å². The SMILES string of the molecule is COCCCN(CCOC)CC(C)/C(N)=N/O. The molecule has 0 heterocycles. The number of amidine groups is 1. The normalized spacial score (nSPS) is 14.2. The van der Waals surface area contributed by atoms with Crippen molar-refractivity contribution in [3.05, 3.63) is 0 Å². The molecule has 0 aromatic heterocycles. The highest BCUT2D eigenvalue weighted by atomic mass is 16.5. The summed E-state index contributed by atoms with van der Waals surface area (Å²) < 4.78 is 10.1. The van der Waals surface area contributed by atoms with Crippen LogP contribution in [0.4, 0.5) is 0 Å². The first-order valence-electron chi connectivity index (χ1n) is 5.83. The fraction of sp³-hybridized carbons (Fsp3) is 0.909. The Morgan fingerprint density at radius 1 is 1.29 bits per heavy atom. The molecule has 0 amide bonds. The van der Waals surface area contributed by atoms with Crippen molar-refractivity contribution >= 4 is 5.84 Å². The summed E-state index contributed by atoms with van der Waals surface area (Å²) in [5.74, 6) is 0.290. The van der Waals surface area contributed by atoms with Crippen LogP contribution in [0.2, 0.25) is 0 Å². The highest BCUT2D eigenvalue weighted by Gasteiger charge is 2.13. The predicted molar refractivity (Wildman–Crippen MR) is 67.4 cm³/mol. The standard InChI is InChI=1S/C11H25N3O3/c1-10(11(12)13-15)9-14(6-8-17-3)5-4-7-16-2/h10,15H,4-9H2,1-3H3,(H2,12,13). The van der Waals surface area contributed by atoms with Gasteiger partial charge in [-0.05, 0) is 6.42 Å². The molecule has 0 saturated carbocycles. The number of hydrogen-bond acceptors (Lipinski definition) is 5. The number of hydrogen-bond donors (Lipinski definition) is 2. The molecule has 17 heavy (non-hydrogen) atoms. The lowest BCUT2D eigenvalue weighted by Crippen LogP contribution is -2.37. The van der Waals surface area contributed by atoms with Crippen molar-refractivity contribution in [3.8, 4) is 0 Å². The first kappa shape index (κ1) is 16.1. The zero-order valence-electron chi connectivity index (χ0n) is 11.1. The summed E-state index contributed by atoms with van der Waals surface area (Å²) in [7, 11) is 3.37. The molecular weight excluding hydrogens is 222 g/mol. The van der Waals surface area contributed by atoms with E-state index in [0.29, 0.717) is 6.61 Å². The molecule has 3 N–H and O–H groups in total. The molecule has 0 radical (unpaired) electrons. The van der Waals surface area contributed by atoms with Crippen LogP contribution >= 0.6 is 0 Å². The molecular formula is C11H25N3O3. The summed E-state index contributed by atoms with van der Waals surface area (Å²) in [5, 5.41) is 11.6. The van der Waals surface area contributed by atoms with E-state index in [-0.39, 0.29) is 11.8 Å². The van der Waals surface area contributed by atoms with Crippen molar-refractivity contribution in [2.45, 2.75) is 13.3 Å². The van der Waals surface area contributed by atoms with Crippen molar-refractivity contribution in [3.63, 3.8) is 0 Å². The Balaban J connectivity index is 4.07. The molecule has 0 rings (SSSR count). The number of oxime groups is 1. The second-order valence-corrected chi connectivity index (χ2v) is 4.07. The molecule has 0 saturated heterocycles. The molecule has 0 spiro atoms. The first-order chi connectivity index (χ1) is 8.15. The van der Waals surface area contributed by atoms with E-state index >= 15 is 0 Å². The van der Waals surface area contributed by atoms with Gasteiger partial charge in [0.25, 0.3) is 0 Å². The van der Waals surface area contributed by atoms with Gasteiger partial charge in [0.2, 0.25) is 0 Å². The molecule has 0 fully saturated rings. The van der Waals surface area contributed by atoms with Crippen LogP contribution in [0.15, 0.2) is 5.16 Å². The van der Waals surface area contributed by atoms with Crippen molar-refractivity contribution in [1.29, 1.82) is 0 Å². The second-order valence-electron chi connectivity index (χ2n) is 4.07. The minimum atomic E-state index is 0.0272. The molecule has 6 nitrogen and oxygen atoms in total. The molecule has 0 aromatic carbocycles. The lowest BCUT2D eigenvalue weighted by molar-refractivity contribution is 0.129. The van der Waals surface area contributed by atoms with Gasteiger partial charge in [-0.2, -0.15) is 0 Å². The van der Waals surface area contributed by atoms with E-state index in [4.69, 9.17) is 20.4 Å². The third-order valence-electron chi connectivity index (χ3n) is 2.59. The zero-order valence-corrected chi connectivity index (χ0v) is 11.1. The monoisotopic (exact) mass is 247 g/mol. The van der Waals surface area contributed by atoms with Crippen LogP contribution < -0.4 is 5.73 Å². The lowest BCUT2D eigenvalue weighted by Gasteiger charge is -2.24. The molecule has 0 aliphatic carbocycles. The van der Waals surface area contributed by atoms with Crippen LogP contribution in [0.3, 0.4) is 0 Å². The van der Waals surface area contributed by atoms with Crippen LogP contribution in [0.5, 0.6) is 0 Å². The number of rotatable bonds is 10. The summed E-state index contributed by atoms with van der Waals surface area (Å²) in [4.78, 5) is 2.23. The highest BCUT2D eigenvalue weighted by Crippen LogP contribution is 2.02. The molecule has 0 bridgehead atoms. The number of methoxy groups -OCH3 is 2. The van der Waals surface area contributed by atoms with E-state index in [9.17, 15) is 0 Å². The smallest absolute Gasteiger partial charge is 0.143 e. The summed E-state index contributed by atoms with van der Waals surface area (Å²) in [5.41, 5.74) is 5.57. The molecule has 1 unspecified atom stereocenters. The van der Waals surface area contributed by atoms with Gasteiger partial charge in [0.05, 0.1) is 6.61 Å². The highest BCUT2D eigenvalue weighted by molar-refractivity contribution is 5.82. The summed E-state index contributed by atoms with van der Waals surface area (Å²) in [6.45, 7) is 5.86. The Bertz CT molecular complexity index is 212. The van der Waals surface area contributed by atoms with Gasteiger partial charge in [-0.1, -0.05) is 12.1 Å². The second kappa shape index (κ2) is 10.3. The van der Waals surface area contributed by atoms with E-state index in [0.717, 1.165) is 32.7 Å². The van der Waals surface area contributed by atoms with Crippen LogP contribution in [0, 0.1) is 5.92 Å². The molecule has 0 aliphatic rings. The fourth-order valence-corrected chi connectivity index (χ4v) is 1.53. The van der Waals surface area contributed by atoms with Gasteiger partial charge in [0.15, 0.2) is 0 Å². The number of nitrogens with two attached hydrogens (primary N) is 1. The molecule has 0 aliphatic heterocycles. The Morgan fingerprint density at radius 3 is 2.47 bits per heavy atom. The molecule has 102 valence electrons. The van der Waals surface area contributed by atoms with Crippen LogP contribution in [0.1, 0.15) is 13.3 Å². The predicted octanol–water partition coefficient (Wildman–Crippen LogP) is 0.354. The number of nitrogens with zero attached hydrogens (tertiary/aromatic N) is 2. The maximum Gasteiger partial charge on any atom is 0.143 e. The maximum atomic E-state index is 8.61. The summed E-state index contributed by atoms with van der Waals surface area (Å²) in [6, 6.07) is 0. The summed E-state index contributed by atoms with van der Waals surface area (Å²) >= 11 is 0. The quantitative estimate of drug-likeness (QED) is 0.191. The van der Waals surface area contributed by atoms with Crippen molar-refractivity contribution < 1.29 is 14.7 Å². The fourth-order valence-electron chi connectivity index (χ4n) is 1.53. The van der Waals surface area contributed by atoms with Crippen molar-refractivity contribution in [2.75, 3.05) is 47.1 Å². The van der Waals surface area contributed by atoms with E-state index in [2.05, 4.69) is 10.1 Å². The van der Waals surface area contributed by atoms with Gasteiger partial charge in [0, 0.05) is 46.4 Å². The Morgan fingerprint density at radius 2 is 1.94 bits per heavy atom. The van der Waals surface area contributed by atoms with Crippen molar-refractivity contribution in [2.24, 2.45) is 16.8 Å². The third kappa shape index (κ3) is 7.95. The van der Waals surface area contributed by atoms with E-state index in [1.807, 2.05) is 6.92 Å². The minimum Gasteiger partial charge on any atom is -0.409 e. The topological polar surface area (TPSA) is 80.3 Å². The minimum absolute atomic E-state index is 0.0272. The van der Waals surface area contributed by atoms with E-state index in [1.54, 1.807) is 14.2 Å². The number of ether oxygens (including phenoxy) is 2. The lowest BCUT2D eigenvalue weighted by atomic mass is 10.1. The zero-order chi connectivity index (χ0) is 13.1.